The van der Waals surface area contributed by atoms with Gasteiger partial charge in [-0.15, -0.1) is 0 Å². The van der Waals surface area contributed by atoms with Crippen molar-refractivity contribution in [2.75, 3.05) is 0 Å². The maximum Gasteiger partial charge on any atom is 0.328 e. The number of carbonyl (C=O) groups is 1. The van der Waals surface area contributed by atoms with Crippen molar-refractivity contribution in [3.63, 3.8) is 0 Å². The number of hydrogen-bond donors (Lipinski definition) is 1. The Bertz CT molecular complexity index is 670. The SMILES string of the molecule is CC1=C(c2ccc(/C=C/C(C)=C/C(=O)O)cc2)C(C)(C)CCC1. The number of carboxylic acids is 1. The molecule has 2 rings (SSSR count). The second-order valence-electron chi connectivity index (χ2n) is 7.07. The van der Waals surface area contributed by atoms with Gasteiger partial charge in [-0.05, 0) is 60.8 Å². The molecule has 0 unspecified atom stereocenters. The van der Waals surface area contributed by atoms with Crippen LogP contribution in [0.15, 0.2) is 47.6 Å². The van der Waals surface area contributed by atoms with E-state index >= 15 is 0 Å². The fraction of sp³-hybridized carbons (Fsp3) is 0.381. The van der Waals surface area contributed by atoms with Gasteiger partial charge in [0.15, 0.2) is 0 Å². The molecule has 0 bridgehead atoms. The van der Waals surface area contributed by atoms with Crippen LogP contribution in [0.25, 0.3) is 11.6 Å². The Labute approximate surface area is 139 Å². The molecule has 0 aliphatic heterocycles. The molecule has 2 nitrogen and oxygen atoms in total. The Morgan fingerprint density at radius 2 is 1.87 bits per heavy atom. The molecule has 1 aliphatic carbocycles. The Balaban J connectivity index is 2.23. The maximum absolute atomic E-state index is 10.6. The standard InChI is InChI=1S/C21H26O2/c1-15(14-19(22)23)7-8-17-9-11-18(12-10-17)20-16(2)6-5-13-21(20,3)4/h7-12,14H,5-6,13H2,1-4H3,(H,22,23)/b8-7+,15-14+. The molecule has 0 radical (unpaired) electrons. The summed E-state index contributed by atoms with van der Waals surface area (Å²) in [6, 6.07) is 8.57. The molecule has 122 valence electrons. The van der Waals surface area contributed by atoms with Gasteiger partial charge < -0.3 is 5.11 Å². The van der Waals surface area contributed by atoms with E-state index in [0.717, 1.165) is 11.1 Å². The monoisotopic (exact) mass is 310 g/mol. The normalized spacial score (nSPS) is 18.5. The lowest BCUT2D eigenvalue weighted by atomic mass is 9.70. The number of aliphatic carboxylic acids is 1. The zero-order valence-corrected chi connectivity index (χ0v) is 14.5. The Hall–Kier alpha value is -2.09. The number of rotatable bonds is 4. The first-order valence-electron chi connectivity index (χ1n) is 8.19. The largest absolute Gasteiger partial charge is 0.478 e. The smallest absolute Gasteiger partial charge is 0.328 e. The molecule has 0 aromatic heterocycles. The van der Waals surface area contributed by atoms with Crippen molar-refractivity contribution in [3.8, 4) is 0 Å². The molecule has 0 saturated carbocycles. The molecule has 23 heavy (non-hydrogen) atoms. The molecule has 0 fully saturated rings. The van der Waals surface area contributed by atoms with Crippen LogP contribution in [0.1, 0.15) is 58.1 Å². The van der Waals surface area contributed by atoms with Gasteiger partial charge in [0.05, 0.1) is 0 Å². The summed E-state index contributed by atoms with van der Waals surface area (Å²) in [7, 11) is 0. The van der Waals surface area contributed by atoms with Gasteiger partial charge in [-0.2, -0.15) is 0 Å². The molecular formula is C21H26O2. The van der Waals surface area contributed by atoms with Gasteiger partial charge in [0, 0.05) is 6.08 Å². The quantitative estimate of drug-likeness (QED) is 0.571. The molecule has 0 saturated heterocycles. The van der Waals surface area contributed by atoms with Gasteiger partial charge in [0.1, 0.15) is 0 Å². The highest BCUT2D eigenvalue weighted by atomic mass is 16.4. The topological polar surface area (TPSA) is 37.3 Å². The number of benzene rings is 1. The molecule has 1 aromatic carbocycles. The van der Waals surface area contributed by atoms with Gasteiger partial charge in [0.25, 0.3) is 0 Å². The summed E-state index contributed by atoms with van der Waals surface area (Å²) in [5, 5.41) is 8.72. The van der Waals surface area contributed by atoms with E-state index in [0.29, 0.717) is 0 Å². The number of hydrogen-bond acceptors (Lipinski definition) is 1. The lowest BCUT2D eigenvalue weighted by molar-refractivity contribution is -0.131. The number of allylic oxidation sites excluding steroid dienone is 4. The van der Waals surface area contributed by atoms with Crippen LogP contribution >= 0.6 is 0 Å². The molecule has 0 amide bonds. The third-order valence-corrected chi connectivity index (χ3v) is 4.55. The van der Waals surface area contributed by atoms with Crippen LogP contribution in [-0.4, -0.2) is 11.1 Å². The summed E-state index contributed by atoms with van der Waals surface area (Å²) in [4.78, 5) is 10.6. The molecule has 0 atom stereocenters. The van der Waals surface area contributed by atoms with Crippen LogP contribution in [0.2, 0.25) is 0 Å². The maximum atomic E-state index is 10.6. The molecule has 2 heteroatoms. The van der Waals surface area contributed by atoms with Gasteiger partial charge >= 0.3 is 5.97 Å². The Morgan fingerprint density at radius 1 is 1.22 bits per heavy atom. The summed E-state index contributed by atoms with van der Waals surface area (Å²) < 4.78 is 0. The van der Waals surface area contributed by atoms with Crippen LogP contribution in [0.5, 0.6) is 0 Å². The highest BCUT2D eigenvalue weighted by Gasteiger charge is 2.29. The summed E-state index contributed by atoms with van der Waals surface area (Å²) >= 11 is 0. The van der Waals surface area contributed by atoms with Crippen molar-refractivity contribution in [3.05, 3.63) is 58.7 Å². The molecule has 0 spiro atoms. The first-order valence-corrected chi connectivity index (χ1v) is 8.19. The van der Waals surface area contributed by atoms with Crippen molar-refractivity contribution in [2.24, 2.45) is 5.41 Å². The fourth-order valence-electron chi connectivity index (χ4n) is 3.49. The molecule has 0 heterocycles. The van der Waals surface area contributed by atoms with E-state index in [2.05, 4.69) is 45.0 Å². The van der Waals surface area contributed by atoms with E-state index in [1.54, 1.807) is 6.92 Å². The van der Waals surface area contributed by atoms with E-state index in [1.165, 1.54) is 42.0 Å². The minimum Gasteiger partial charge on any atom is -0.478 e. The zero-order chi connectivity index (χ0) is 17.0. The second kappa shape index (κ2) is 6.99. The van der Waals surface area contributed by atoms with Crippen LogP contribution in [0.3, 0.4) is 0 Å². The molecule has 1 aliphatic rings. The van der Waals surface area contributed by atoms with E-state index in [-0.39, 0.29) is 5.41 Å². The van der Waals surface area contributed by atoms with Crippen molar-refractivity contribution in [1.82, 2.24) is 0 Å². The summed E-state index contributed by atoms with van der Waals surface area (Å²) in [5.41, 5.74) is 6.35. The predicted octanol–water partition coefficient (Wildman–Crippen LogP) is 5.71. The lowest BCUT2D eigenvalue weighted by Gasteiger charge is -2.35. The van der Waals surface area contributed by atoms with Crippen molar-refractivity contribution in [2.45, 2.75) is 47.0 Å². The highest BCUT2D eigenvalue weighted by molar-refractivity contribution is 5.81. The van der Waals surface area contributed by atoms with E-state index in [9.17, 15) is 4.79 Å². The third kappa shape index (κ3) is 4.44. The van der Waals surface area contributed by atoms with Crippen molar-refractivity contribution < 1.29 is 9.90 Å². The van der Waals surface area contributed by atoms with E-state index < -0.39 is 5.97 Å². The van der Waals surface area contributed by atoms with E-state index in [1.807, 2.05) is 12.2 Å². The summed E-state index contributed by atoms with van der Waals surface area (Å²) in [5.74, 6) is -0.913. The zero-order valence-electron chi connectivity index (χ0n) is 14.5. The van der Waals surface area contributed by atoms with Gasteiger partial charge in [0.2, 0.25) is 0 Å². The van der Waals surface area contributed by atoms with E-state index in [4.69, 9.17) is 5.11 Å². The molecular weight excluding hydrogens is 284 g/mol. The van der Waals surface area contributed by atoms with Gasteiger partial charge in [-0.25, -0.2) is 4.79 Å². The van der Waals surface area contributed by atoms with Gasteiger partial charge in [-0.3, -0.25) is 0 Å². The first kappa shape index (κ1) is 17.3. The van der Waals surface area contributed by atoms with Crippen LogP contribution < -0.4 is 0 Å². The van der Waals surface area contributed by atoms with Crippen molar-refractivity contribution >= 4 is 17.6 Å². The van der Waals surface area contributed by atoms with Crippen LogP contribution in [-0.2, 0) is 4.79 Å². The Morgan fingerprint density at radius 3 is 2.43 bits per heavy atom. The Kier molecular flexibility index (Phi) is 5.25. The van der Waals surface area contributed by atoms with Crippen LogP contribution in [0.4, 0.5) is 0 Å². The van der Waals surface area contributed by atoms with Gasteiger partial charge in [-0.1, -0.05) is 55.8 Å². The fourth-order valence-corrected chi connectivity index (χ4v) is 3.49. The average molecular weight is 310 g/mol. The highest BCUT2D eigenvalue weighted by Crippen LogP contribution is 2.45. The second-order valence-corrected chi connectivity index (χ2v) is 7.07. The average Bonchev–Trinajstić information content (AvgIpc) is 2.44. The summed E-state index contributed by atoms with van der Waals surface area (Å²) in [6.45, 7) is 8.71. The molecule has 1 N–H and O–H groups in total. The molecule has 1 aromatic rings. The third-order valence-electron chi connectivity index (χ3n) is 4.55. The predicted molar refractivity (Wildman–Crippen MR) is 97.1 cm³/mol. The van der Waals surface area contributed by atoms with Crippen LogP contribution in [0, 0.1) is 5.41 Å². The minimum absolute atomic E-state index is 0.237. The number of carboxylic acid groups (broad SMARTS) is 1. The lowest BCUT2D eigenvalue weighted by Crippen LogP contribution is -2.19. The minimum atomic E-state index is -0.913. The van der Waals surface area contributed by atoms with Crippen molar-refractivity contribution in [1.29, 1.82) is 0 Å². The summed E-state index contributed by atoms with van der Waals surface area (Å²) in [6.07, 6.45) is 8.70. The first-order chi connectivity index (χ1) is 10.8.